The van der Waals surface area contributed by atoms with Crippen molar-refractivity contribution < 1.29 is 14.3 Å². The topological polar surface area (TPSA) is 58.6 Å². The minimum absolute atomic E-state index is 0.0802. The van der Waals surface area contributed by atoms with Gasteiger partial charge in [-0.15, -0.1) is 0 Å². The van der Waals surface area contributed by atoms with E-state index < -0.39 is 6.04 Å². The Morgan fingerprint density at radius 3 is 2.59 bits per heavy atom. The molecule has 7 heteroatoms. The van der Waals surface area contributed by atoms with Crippen molar-refractivity contribution in [1.82, 2.24) is 10.2 Å². The maximum absolute atomic E-state index is 12.9. The molecular weight excluding hydrogens is 456 g/mol. The van der Waals surface area contributed by atoms with E-state index in [2.05, 4.69) is 21.2 Å². The molecule has 0 saturated heterocycles. The van der Waals surface area contributed by atoms with Crippen LogP contribution in [-0.4, -0.2) is 35.9 Å². The molecule has 0 aliphatic carbocycles. The number of amides is 2. The summed E-state index contributed by atoms with van der Waals surface area (Å²) in [5.41, 5.74) is 0.960. The van der Waals surface area contributed by atoms with E-state index in [0.717, 1.165) is 10.0 Å². The monoisotopic (exact) mass is 480 g/mol. The maximum Gasteiger partial charge on any atom is 0.242 e. The molecule has 2 amide bonds. The number of carbonyl (C=O) groups is 2. The lowest BCUT2D eigenvalue weighted by atomic mass is 10.1. The van der Waals surface area contributed by atoms with Gasteiger partial charge in [0.1, 0.15) is 11.8 Å². The van der Waals surface area contributed by atoms with Crippen LogP contribution in [0.25, 0.3) is 0 Å². The zero-order valence-corrected chi connectivity index (χ0v) is 19.0. The van der Waals surface area contributed by atoms with Gasteiger partial charge in [0.25, 0.3) is 0 Å². The number of ether oxygens (including phenoxy) is 1. The lowest BCUT2D eigenvalue weighted by Gasteiger charge is -2.29. The molecule has 0 fully saturated rings. The summed E-state index contributed by atoms with van der Waals surface area (Å²) in [5.74, 6) is 0.472. The van der Waals surface area contributed by atoms with E-state index >= 15 is 0 Å². The summed E-state index contributed by atoms with van der Waals surface area (Å²) < 4.78 is 6.59. The molecule has 0 aliphatic rings. The molecule has 2 aromatic carbocycles. The summed E-state index contributed by atoms with van der Waals surface area (Å²) in [5, 5.41) is 3.44. The van der Waals surface area contributed by atoms with Crippen LogP contribution in [0.3, 0.4) is 0 Å². The normalized spacial score (nSPS) is 11.6. The van der Waals surface area contributed by atoms with Gasteiger partial charge in [0.15, 0.2) is 0 Å². The quantitative estimate of drug-likeness (QED) is 0.495. The molecule has 0 bridgehead atoms. The van der Waals surface area contributed by atoms with Gasteiger partial charge in [-0.3, -0.25) is 9.59 Å². The minimum atomic E-state index is -0.557. The standard InChI is InChI=1S/C22H26BrClN2O3/c1-3-25-22(28)16(2)26(15-17-6-4-7-18(23)14-17)21(27)8-5-13-29-20-11-9-19(24)10-12-20/h4,6-7,9-12,14,16H,3,5,8,13,15H2,1-2H3,(H,25,28)/t16-/m1/s1. The zero-order chi connectivity index (χ0) is 21.2. The van der Waals surface area contributed by atoms with Gasteiger partial charge >= 0.3 is 0 Å². The fourth-order valence-electron chi connectivity index (χ4n) is 2.82. The zero-order valence-electron chi connectivity index (χ0n) is 16.7. The van der Waals surface area contributed by atoms with Crippen molar-refractivity contribution >= 4 is 39.3 Å². The highest BCUT2D eigenvalue weighted by atomic mass is 79.9. The van der Waals surface area contributed by atoms with Crippen molar-refractivity contribution in [1.29, 1.82) is 0 Å². The molecule has 0 aliphatic heterocycles. The second kappa shape index (κ2) is 11.8. The van der Waals surface area contributed by atoms with E-state index in [9.17, 15) is 9.59 Å². The molecule has 5 nitrogen and oxygen atoms in total. The van der Waals surface area contributed by atoms with E-state index in [0.29, 0.717) is 43.3 Å². The predicted octanol–water partition coefficient (Wildman–Crippen LogP) is 4.81. The van der Waals surface area contributed by atoms with Crippen molar-refractivity contribution in [2.24, 2.45) is 0 Å². The largest absolute Gasteiger partial charge is 0.494 e. The molecule has 2 aromatic rings. The van der Waals surface area contributed by atoms with Crippen LogP contribution in [0.5, 0.6) is 5.75 Å². The predicted molar refractivity (Wildman–Crippen MR) is 119 cm³/mol. The molecule has 0 radical (unpaired) electrons. The number of likely N-dealkylation sites (N-methyl/N-ethyl adjacent to an activating group) is 1. The molecule has 1 atom stereocenters. The lowest BCUT2D eigenvalue weighted by Crippen LogP contribution is -2.47. The molecule has 0 heterocycles. The number of nitrogens with one attached hydrogen (secondary N) is 1. The fraction of sp³-hybridized carbons (Fsp3) is 0.364. The highest BCUT2D eigenvalue weighted by Crippen LogP contribution is 2.18. The molecule has 1 N–H and O–H groups in total. The van der Waals surface area contributed by atoms with E-state index in [-0.39, 0.29) is 11.8 Å². The van der Waals surface area contributed by atoms with Crippen molar-refractivity contribution in [2.75, 3.05) is 13.2 Å². The van der Waals surface area contributed by atoms with Crippen molar-refractivity contribution in [3.05, 3.63) is 63.6 Å². The SMILES string of the molecule is CCNC(=O)[C@@H](C)N(Cc1cccc(Br)c1)C(=O)CCCOc1ccc(Cl)cc1. The highest BCUT2D eigenvalue weighted by molar-refractivity contribution is 9.10. The average Bonchev–Trinajstić information content (AvgIpc) is 2.70. The third-order valence-electron chi connectivity index (χ3n) is 4.38. The Morgan fingerprint density at radius 1 is 1.21 bits per heavy atom. The second-order valence-electron chi connectivity index (χ2n) is 6.63. The van der Waals surface area contributed by atoms with Crippen LogP contribution in [-0.2, 0) is 16.1 Å². The van der Waals surface area contributed by atoms with Crippen LogP contribution in [0.2, 0.25) is 5.02 Å². The first kappa shape index (κ1) is 23.2. The first-order valence-electron chi connectivity index (χ1n) is 9.60. The molecule has 0 aromatic heterocycles. The van der Waals surface area contributed by atoms with Crippen LogP contribution >= 0.6 is 27.5 Å². The number of carbonyl (C=O) groups excluding carboxylic acids is 2. The molecule has 0 spiro atoms. The Balaban J connectivity index is 1.97. The maximum atomic E-state index is 12.9. The fourth-order valence-corrected chi connectivity index (χ4v) is 3.40. The first-order valence-corrected chi connectivity index (χ1v) is 10.8. The number of nitrogens with zero attached hydrogens (tertiary/aromatic N) is 1. The number of benzene rings is 2. The van der Waals surface area contributed by atoms with Gasteiger partial charge in [0.05, 0.1) is 6.61 Å². The summed E-state index contributed by atoms with van der Waals surface area (Å²) in [6, 6.07) is 14.3. The molecule has 0 unspecified atom stereocenters. The average molecular weight is 482 g/mol. The smallest absolute Gasteiger partial charge is 0.242 e. The third kappa shape index (κ3) is 7.71. The Labute approximate surface area is 185 Å². The summed E-state index contributed by atoms with van der Waals surface area (Å²) in [6.07, 6.45) is 0.851. The Kier molecular flexibility index (Phi) is 9.48. The van der Waals surface area contributed by atoms with Crippen LogP contribution < -0.4 is 10.1 Å². The van der Waals surface area contributed by atoms with Crippen molar-refractivity contribution in [2.45, 2.75) is 39.3 Å². The van der Waals surface area contributed by atoms with E-state index in [1.807, 2.05) is 31.2 Å². The molecule has 156 valence electrons. The van der Waals surface area contributed by atoms with Gasteiger partial charge < -0.3 is 15.0 Å². The van der Waals surface area contributed by atoms with Crippen molar-refractivity contribution in [3.63, 3.8) is 0 Å². The van der Waals surface area contributed by atoms with Gasteiger partial charge in [0.2, 0.25) is 11.8 Å². The van der Waals surface area contributed by atoms with Crippen LogP contribution in [0.4, 0.5) is 0 Å². The summed E-state index contributed by atoms with van der Waals surface area (Å²) >= 11 is 9.31. The van der Waals surface area contributed by atoms with Gasteiger partial charge in [0, 0.05) is 29.0 Å². The number of hydrogen-bond donors (Lipinski definition) is 1. The van der Waals surface area contributed by atoms with E-state index in [1.165, 1.54) is 0 Å². The summed E-state index contributed by atoms with van der Waals surface area (Å²) in [7, 11) is 0. The number of hydrogen-bond acceptors (Lipinski definition) is 3. The van der Waals surface area contributed by atoms with Gasteiger partial charge in [-0.2, -0.15) is 0 Å². The Hall–Kier alpha value is -2.05. The molecule has 2 rings (SSSR count). The van der Waals surface area contributed by atoms with Crippen LogP contribution in [0.1, 0.15) is 32.3 Å². The Morgan fingerprint density at radius 2 is 1.93 bits per heavy atom. The summed E-state index contributed by atoms with van der Waals surface area (Å²) in [6.45, 7) is 4.92. The van der Waals surface area contributed by atoms with E-state index in [4.69, 9.17) is 16.3 Å². The van der Waals surface area contributed by atoms with Crippen LogP contribution in [0.15, 0.2) is 53.0 Å². The molecular formula is C22H26BrClN2O3. The van der Waals surface area contributed by atoms with Crippen LogP contribution in [0, 0.1) is 0 Å². The van der Waals surface area contributed by atoms with E-state index in [1.54, 1.807) is 36.1 Å². The Bertz CT molecular complexity index is 814. The first-order chi connectivity index (χ1) is 13.9. The highest BCUT2D eigenvalue weighted by Gasteiger charge is 2.25. The minimum Gasteiger partial charge on any atom is -0.494 e. The van der Waals surface area contributed by atoms with Gasteiger partial charge in [-0.05, 0) is 62.2 Å². The van der Waals surface area contributed by atoms with Gasteiger partial charge in [-0.1, -0.05) is 39.7 Å². The summed E-state index contributed by atoms with van der Waals surface area (Å²) in [4.78, 5) is 26.9. The molecule has 0 saturated carbocycles. The number of rotatable bonds is 10. The van der Waals surface area contributed by atoms with Gasteiger partial charge in [-0.25, -0.2) is 0 Å². The second-order valence-corrected chi connectivity index (χ2v) is 7.98. The third-order valence-corrected chi connectivity index (χ3v) is 5.12. The number of halogens is 2. The lowest BCUT2D eigenvalue weighted by molar-refractivity contribution is -0.140. The van der Waals surface area contributed by atoms with Crippen molar-refractivity contribution in [3.8, 4) is 5.75 Å². The molecule has 29 heavy (non-hydrogen) atoms.